The Bertz CT molecular complexity index is 616. The minimum absolute atomic E-state index is 0.228. The fourth-order valence-electron chi connectivity index (χ4n) is 1.78. The predicted molar refractivity (Wildman–Crippen MR) is 74.1 cm³/mol. The maximum absolute atomic E-state index is 12.5. The average Bonchev–Trinajstić information content (AvgIpc) is 2.83. The van der Waals surface area contributed by atoms with Gasteiger partial charge in [0.05, 0.1) is 26.0 Å². The van der Waals surface area contributed by atoms with Gasteiger partial charge >= 0.3 is 0 Å². The van der Waals surface area contributed by atoms with Gasteiger partial charge in [0.15, 0.2) is 5.76 Å². The van der Waals surface area contributed by atoms with Crippen LogP contribution in [0.15, 0.2) is 33.4 Å². The highest BCUT2D eigenvalue weighted by Gasteiger charge is 2.23. The molecule has 0 N–H and O–H groups in total. The van der Waals surface area contributed by atoms with Gasteiger partial charge in [-0.15, -0.1) is 0 Å². The van der Waals surface area contributed by atoms with E-state index in [-0.39, 0.29) is 5.78 Å². The van der Waals surface area contributed by atoms with Crippen LogP contribution in [0.5, 0.6) is 11.5 Å². The Hall–Kier alpha value is -1.75. The summed E-state index contributed by atoms with van der Waals surface area (Å²) in [6, 6.07) is 5.13. The second-order valence-electron chi connectivity index (χ2n) is 3.95. The van der Waals surface area contributed by atoms with Crippen LogP contribution in [0, 0.1) is 6.92 Å². The molecular weight excluding hydrogens is 312 g/mol. The van der Waals surface area contributed by atoms with Crippen LogP contribution in [-0.2, 0) is 0 Å². The third kappa shape index (κ3) is 2.51. The average molecular weight is 325 g/mol. The molecule has 0 amide bonds. The molecule has 100 valence electrons. The maximum Gasteiger partial charge on any atom is 0.233 e. The first-order valence-corrected chi connectivity index (χ1v) is 6.38. The number of carbonyl (C=O) groups is 1. The van der Waals surface area contributed by atoms with Gasteiger partial charge in [-0.1, -0.05) is 0 Å². The first-order chi connectivity index (χ1) is 9.08. The molecule has 0 aliphatic rings. The summed E-state index contributed by atoms with van der Waals surface area (Å²) in [5.41, 5.74) is 1.20. The van der Waals surface area contributed by atoms with Gasteiger partial charge in [-0.25, -0.2) is 0 Å². The van der Waals surface area contributed by atoms with Crippen molar-refractivity contribution in [2.45, 2.75) is 6.92 Å². The zero-order valence-corrected chi connectivity index (χ0v) is 12.4. The number of furan rings is 1. The number of rotatable bonds is 4. The van der Waals surface area contributed by atoms with Crippen LogP contribution >= 0.6 is 15.9 Å². The number of halogens is 1. The van der Waals surface area contributed by atoms with E-state index in [0.717, 1.165) is 5.56 Å². The van der Waals surface area contributed by atoms with Crippen LogP contribution in [0.4, 0.5) is 0 Å². The molecule has 19 heavy (non-hydrogen) atoms. The van der Waals surface area contributed by atoms with Crippen molar-refractivity contribution in [2.24, 2.45) is 0 Å². The molecule has 0 saturated heterocycles. The number of aryl methyl sites for hydroxylation is 1. The second kappa shape index (κ2) is 5.48. The van der Waals surface area contributed by atoms with E-state index < -0.39 is 0 Å². The molecule has 0 atom stereocenters. The van der Waals surface area contributed by atoms with E-state index in [2.05, 4.69) is 15.9 Å². The van der Waals surface area contributed by atoms with E-state index in [1.807, 2.05) is 6.92 Å². The van der Waals surface area contributed by atoms with Gasteiger partial charge in [0.2, 0.25) is 5.78 Å². The Labute approximate surface area is 119 Å². The molecule has 0 unspecified atom stereocenters. The standard InChI is InChI=1S/C14H13BrO4/c1-8-4-5-19-14(8)13(16)12-10(15)6-9(17-2)7-11(12)18-3/h4-7H,1-3H3. The van der Waals surface area contributed by atoms with Crippen LogP contribution in [0.3, 0.4) is 0 Å². The molecule has 0 aliphatic heterocycles. The largest absolute Gasteiger partial charge is 0.497 e. The summed E-state index contributed by atoms with van der Waals surface area (Å²) in [6.07, 6.45) is 1.49. The molecule has 1 aromatic carbocycles. The van der Waals surface area contributed by atoms with Gasteiger partial charge < -0.3 is 13.9 Å². The Kier molecular flexibility index (Phi) is 3.95. The lowest BCUT2D eigenvalue weighted by atomic mass is 10.1. The number of ether oxygens (including phenoxy) is 2. The predicted octanol–water partition coefficient (Wildman–Crippen LogP) is 3.60. The number of benzene rings is 1. The fourth-order valence-corrected chi connectivity index (χ4v) is 2.38. The van der Waals surface area contributed by atoms with Gasteiger partial charge in [0, 0.05) is 10.5 Å². The molecule has 1 heterocycles. The summed E-state index contributed by atoms with van der Waals surface area (Å²) in [7, 11) is 3.06. The van der Waals surface area contributed by atoms with Crippen molar-refractivity contribution >= 4 is 21.7 Å². The first kappa shape index (κ1) is 13.7. The summed E-state index contributed by atoms with van der Waals surface area (Å²) in [5.74, 6) is 1.13. The van der Waals surface area contributed by atoms with Gasteiger partial charge in [-0.2, -0.15) is 0 Å². The van der Waals surface area contributed by atoms with E-state index in [1.54, 1.807) is 25.3 Å². The monoisotopic (exact) mass is 324 g/mol. The molecule has 0 fully saturated rings. The molecule has 0 aliphatic carbocycles. The lowest BCUT2D eigenvalue weighted by Crippen LogP contribution is -2.06. The van der Waals surface area contributed by atoms with Crippen LogP contribution in [0.25, 0.3) is 0 Å². The topological polar surface area (TPSA) is 48.7 Å². The van der Waals surface area contributed by atoms with Crippen molar-refractivity contribution in [1.29, 1.82) is 0 Å². The number of ketones is 1. The summed E-state index contributed by atoms with van der Waals surface area (Å²) < 4.78 is 16.2. The summed E-state index contributed by atoms with van der Waals surface area (Å²) >= 11 is 3.37. The van der Waals surface area contributed by atoms with Crippen molar-refractivity contribution in [3.05, 3.63) is 45.8 Å². The zero-order valence-electron chi connectivity index (χ0n) is 10.8. The summed E-state index contributed by atoms with van der Waals surface area (Å²) in [6.45, 7) is 1.82. The summed E-state index contributed by atoms with van der Waals surface area (Å²) in [5, 5.41) is 0. The highest BCUT2D eigenvalue weighted by molar-refractivity contribution is 9.10. The van der Waals surface area contributed by atoms with Gasteiger partial charge in [0.25, 0.3) is 0 Å². The quantitative estimate of drug-likeness (QED) is 0.806. The minimum atomic E-state index is -0.228. The maximum atomic E-state index is 12.5. The lowest BCUT2D eigenvalue weighted by molar-refractivity contribution is 0.100. The van der Waals surface area contributed by atoms with Crippen LogP contribution in [0.1, 0.15) is 21.7 Å². The van der Waals surface area contributed by atoms with Gasteiger partial charge in [0.1, 0.15) is 11.5 Å². The summed E-state index contributed by atoms with van der Waals surface area (Å²) in [4.78, 5) is 12.5. The van der Waals surface area contributed by atoms with Crippen molar-refractivity contribution in [3.8, 4) is 11.5 Å². The van der Waals surface area contributed by atoms with E-state index in [9.17, 15) is 4.79 Å². The molecule has 4 nitrogen and oxygen atoms in total. The third-order valence-electron chi connectivity index (χ3n) is 2.78. The third-order valence-corrected chi connectivity index (χ3v) is 3.40. The zero-order chi connectivity index (χ0) is 14.0. The molecule has 0 radical (unpaired) electrons. The molecule has 1 aromatic heterocycles. The van der Waals surface area contributed by atoms with E-state index in [1.165, 1.54) is 13.4 Å². The van der Waals surface area contributed by atoms with Crippen molar-refractivity contribution in [1.82, 2.24) is 0 Å². The first-order valence-electron chi connectivity index (χ1n) is 5.58. The molecule has 0 spiro atoms. The minimum Gasteiger partial charge on any atom is -0.497 e. The number of methoxy groups -OCH3 is 2. The van der Waals surface area contributed by atoms with Gasteiger partial charge in [-0.3, -0.25) is 4.79 Å². The molecule has 0 bridgehead atoms. The molecule has 2 aromatic rings. The highest BCUT2D eigenvalue weighted by Crippen LogP contribution is 2.34. The molecule has 5 heteroatoms. The Balaban J connectivity index is 2.56. The number of carbonyl (C=O) groups excluding carboxylic acids is 1. The molecular formula is C14H13BrO4. The number of hydrogen-bond donors (Lipinski definition) is 0. The van der Waals surface area contributed by atoms with Crippen LogP contribution in [0.2, 0.25) is 0 Å². The van der Waals surface area contributed by atoms with E-state index in [0.29, 0.717) is 27.3 Å². The molecule has 0 saturated carbocycles. The van der Waals surface area contributed by atoms with Crippen molar-refractivity contribution in [3.63, 3.8) is 0 Å². The Morgan fingerprint density at radius 1 is 1.26 bits per heavy atom. The fraction of sp³-hybridized carbons (Fsp3) is 0.214. The smallest absolute Gasteiger partial charge is 0.233 e. The highest BCUT2D eigenvalue weighted by atomic mass is 79.9. The van der Waals surface area contributed by atoms with Crippen LogP contribution in [-0.4, -0.2) is 20.0 Å². The lowest BCUT2D eigenvalue weighted by Gasteiger charge is -2.11. The SMILES string of the molecule is COc1cc(Br)c(C(=O)c2occc2C)c(OC)c1. The van der Waals surface area contributed by atoms with Crippen LogP contribution < -0.4 is 9.47 Å². The number of hydrogen-bond acceptors (Lipinski definition) is 4. The molecule has 2 rings (SSSR count). The van der Waals surface area contributed by atoms with E-state index >= 15 is 0 Å². The van der Waals surface area contributed by atoms with Gasteiger partial charge in [-0.05, 0) is 40.5 Å². The van der Waals surface area contributed by atoms with Crippen molar-refractivity contribution in [2.75, 3.05) is 14.2 Å². The van der Waals surface area contributed by atoms with Crippen molar-refractivity contribution < 1.29 is 18.7 Å². The Morgan fingerprint density at radius 2 is 2.00 bits per heavy atom. The van der Waals surface area contributed by atoms with E-state index in [4.69, 9.17) is 13.9 Å². The Morgan fingerprint density at radius 3 is 2.53 bits per heavy atom. The second-order valence-corrected chi connectivity index (χ2v) is 4.80. The normalized spacial score (nSPS) is 10.3.